The number of halogens is 1. The third-order valence-corrected chi connectivity index (χ3v) is 5.11. The number of nitrogens with zero attached hydrogens (tertiary/aromatic N) is 1. The van der Waals surface area contributed by atoms with E-state index in [9.17, 15) is 9.18 Å². The van der Waals surface area contributed by atoms with E-state index >= 15 is 0 Å². The number of nitrogens with one attached hydrogen (secondary N) is 2. The molecule has 0 bridgehead atoms. The predicted molar refractivity (Wildman–Crippen MR) is 104 cm³/mol. The summed E-state index contributed by atoms with van der Waals surface area (Å²) in [4.78, 5) is 21.2. The van der Waals surface area contributed by atoms with E-state index in [1.807, 2.05) is 24.3 Å². The number of para-hydroxylation sites is 2. The van der Waals surface area contributed by atoms with Crippen LogP contribution in [0.1, 0.15) is 32.1 Å². The first kappa shape index (κ1) is 18.5. The lowest BCUT2D eigenvalue weighted by molar-refractivity contribution is -0.121. The van der Waals surface area contributed by atoms with Crippen LogP contribution in [0, 0.1) is 11.7 Å². The van der Waals surface area contributed by atoms with E-state index in [0.717, 1.165) is 21.8 Å². The number of thioether (sulfide) groups is 1. The molecular formula is C20H22FN3OS. The third-order valence-electron chi connectivity index (χ3n) is 4.10. The van der Waals surface area contributed by atoms with Gasteiger partial charge in [-0.2, -0.15) is 0 Å². The highest BCUT2D eigenvalue weighted by Gasteiger charge is 2.21. The Morgan fingerprint density at radius 3 is 2.62 bits per heavy atom. The van der Waals surface area contributed by atoms with Gasteiger partial charge in [0.15, 0.2) is 0 Å². The maximum Gasteiger partial charge on any atom is 0.221 e. The molecule has 1 unspecified atom stereocenters. The van der Waals surface area contributed by atoms with E-state index in [0.29, 0.717) is 12.2 Å². The molecule has 136 valence electrons. The zero-order chi connectivity index (χ0) is 18.5. The van der Waals surface area contributed by atoms with Gasteiger partial charge in [-0.1, -0.05) is 26.0 Å². The molecule has 0 spiro atoms. The molecule has 3 rings (SSSR count). The summed E-state index contributed by atoms with van der Waals surface area (Å²) in [7, 11) is 0. The fraction of sp³-hybridized carbons (Fsp3) is 0.300. The summed E-state index contributed by atoms with van der Waals surface area (Å²) in [5.74, 6) is 1.36. The van der Waals surface area contributed by atoms with Crippen LogP contribution in [0.4, 0.5) is 4.39 Å². The Hall–Kier alpha value is -2.34. The molecule has 0 saturated heterocycles. The van der Waals surface area contributed by atoms with Gasteiger partial charge in [-0.25, -0.2) is 9.37 Å². The topological polar surface area (TPSA) is 57.8 Å². The molecule has 2 aromatic carbocycles. The van der Waals surface area contributed by atoms with Crippen molar-refractivity contribution in [2.24, 2.45) is 5.92 Å². The molecule has 1 amide bonds. The second-order valence-corrected chi connectivity index (χ2v) is 7.65. The second kappa shape index (κ2) is 8.36. The van der Waals surface area contributed by atoms with Crippen LogP contribution >= 0.6 is 11.8 Å². The molecule has 0 radical (unpaired) electrons. The maximum absolute atomic E-state index is 12.9. The van der Waals surface area contributed by atoms with Crippen molar-refractivity contribution in [3.63, 3.8) is 0 Å². The maximum atomic E-state index is 12.9. The zero-order valence-electron chi connectivity index (χ0n) is 14.8. The van der Waals surface area contributed by atoms with Gasteiger partial charge in [-0.15, -0.1) is 11.8 Å². The van der Waals surface area contributed by atoms with Gasteiger partial charge in [0.05, 0.1) is 17.1 Å². The van der Waals surface area contributed by atoms with Crippen LogP contribution in [0.15, 0.2) is 53.4 Å². The molecule has 1 aromatic heterocycles. The number of benzene rings is 2. The van der Waals surface area contributed by atoms with Crippen molar-refractivity contribution < 1.29 is 9.18 Å². The number of H-pyrrole nitrogens is 1. The lowest BCUT2D eigenvalue weighted by Gasteiger charge is -2.20. The van der Waals surface area contributed by atoms with Gasteiger partial charge in [0.25, 0.3) is 0 Å². The van der Waals surface area contributed by atoms with Crippen LogP contribution in [0.25, 0.3) is 11.0 Å². The fourth-order valence-corrected chi connectivity index (χ4v) is 3.56. The molecule has 0 aliphatic heterocycles. The molecule has 1 atom stereocenters. The Balaban J connectivity index is 1.58. The van der Waals surface area contributed by atoms with Gasteiger partial charge >= 0.3 is 0 Å². The molecule has 0 aliphatic carbocycles. The van der Waals surface area contributed by atoms with Crippen molar-refractivity contribution >= 4 is 28.7 Å². The largest absolute Gasteiger partial charge is 0.346 e. The average molecular weight is 371 g/mol. The molecule has 26 heavy (non-hydrogen) atoms. The van der Waals surface area contributed by atoms with E-state index in [-0.39, 0.29) is 23.7 Å². The van der Waals surface area contributed by atoms with Crippen molar-refractivity contribution in [2.75, 3.05) is 5.75 Å². The summed E-state index contributed by atoms with van der Waals surface area (Å²) >= 11 is 1.54. The summed E-state index contributed by atoms with van der Waals surface area (Å²) in [6.07, 6.45) is 0.394. The third kappa shape index (κ3) is 4.64. The van der Waals surface area contributed by atoms with Gasteiger partial charge in [0.1, 0.15) is 11.6 Å². The molecule has 3 aromatic rings. The summed E-state index contributed by atoms with van der Waals surface area (Å²) < 4.78 is 12.9. The van der Waals surface area contributed by atoms with Crippen LogP contribution in [0.5, 0.6) is 0 Å². The van der Waals surface area contributed by atoms with Crippen LogP contribution in [-0.4, -0.2) is 21.6 Å². The monoisotopic (exact) mass is 371 g/mol. The van der Waals surface area contributed by atoms with Crippen LogP contribution in [0.3, 0.4) is 0 Å². The number of hydrogen-bond acceptors (Lipinski definition) is 3. The van der Waals surface area contributed by atoms with Crippen LogP contribution in [0.2, 0.25) is 0 Å². The lowest BCUT2D eigenvalue weighted by atomic mass is 10.0. The Kier molecular flexibility index (Phi) is 5.93. The normalized spacial score (nSPS) is 12.5. The van der Waals surface area contributed by atoms with Crippen molar-refractivity contribution in [1.29, 1.82) is 0 Å². The molecule has 6 heteroatoms. The zero-order valence-corrected chi connectivity index (χ0v) is 15.6. The first-order valence-corrected chi connectivity index (χ1v) is 9.64. The van der Waals surface area contributed by atoms with Crippen LogP contribution in [-0.2, 0) is 4.79 Å². The SMILES string of the molecule is CC(C)C(NC(=O)CCSc1ccc(F)cc1)c1nc2ccccc2[nH]1. The van der Waals surface area contributed by atoms with Gasteiger partial charge in [0, 0.05) is 17.1 Å². The number of imidazole rings is 1. The van der Waals surface area contributed by atoms with E-state index in [1.165, 1.54) is 12.1 Å². The number of rotatable bonds is 7. The number of carbonyl (C=O) groups excluding carboxylic acids is 1. The molecular weight excluding hydrogens is 349 g/mol. The van der Waals surface area contributed by atoms with Crippen molar-refractivity contribution in [2.45, 2.75) is 31.2 Å². The lowest BCUT2D eigenvalue weighted by Crippen LogP contribution is -2.32. The Morgan fingerprint density at radius 2 is 1.92 bits per heavy atom. The summed E-state index contributed by atoms with van der Waals surface area (Å²) in [5, 5.41) is 3.08. The first-order valence-electron chi connectivity index (χ1n) is 8.65. The Labute approximate surface area is 156 Å². The van der Waals surface area contributed by atoms with Crippen molar-refractivity contribution in [3.8, 4) is 0 Å². The highest BCUT2D eigenvalue weighted by molar-refractivity contribution is 7.99. The predicted octanol–water partition coefficient (Wildman–Crippen LogP) is 4.70. The molecule has 0 fully saturated rings. The van der Waals surface area contributed by atoms with Gasteiger partial charge in [-0.3, -0.25) is 4.79 Å². The average Bonchev–Trinajstić information content (AvgIpc) is 3.05. The number of aromatic nitrogens is 2. The summed E-state index contributed by atoms with van der Waals surface area (Å²) in [6, 6.07) is 14.0. The standard InChI is InChI=1S/C20H22FN3OS/c1-13(2)19(20-22-16-5-3-4-6-17(16)23-20)24-18(25)11-12-26-15-9-7-14(21)8-10-15/h3-10,13,19H,11-12H2,1-2H3,(H,22,23)(H,24,25). The summed E-state index contributed by atoms with van der Waals surface area (Å²) in [6.45, 7) is 4.12. The molecule has 0 saturated carbocycles. The number of fused-ring (bicyclic) bond motifs is 1. The number of amides is 1. The quantitative estimate of drug-likeness (QED) is 0.592. The van der Waals surface area contributed by atoms with E-state index in [2.05, 4.69) is 29.1 Å². The molecule has 1 heterocycles. The minimum absolute atomic E-state index is 0.0150. The highest BCUT2D eigenvalue weighted by Crippen LogP contribution is 2.23. The summed E-state index contributed by atoms with van der Waals surface area (Å²) in [5.41, 5.74) is 1.86. The number of aromatic amines is 1. The van der Waals surface area contributed by atoms with Gasteiger partial charge < -0.3 is 10.3 Å². The minimum atomic E-state index is -0.252. The number of hydrogen-bond donors (Lipinski definition) is 2. The number of carbonyl (C=O) groups is 1. The molecule has 2 N–H and O–H groups in total. The van der Waals surface area contributed by atoms with Gasteiger partial charge in [-0.05, 0) is 42.3 Å². The van der Waals surface area contributed by atoms with Crippen LogP contribution < -0.4 is 5.32 Å². The Morgan fingerprint density at radius 1 is 1.19 bits per heavy atom. The van der Waals surface area contributed by atoms with Gasteiger partial charge in [0.2, 0.25) is 5.91 Å². The second-order valence-electron chi connectivity index (χ2n) is 6.48. The van der Waals surface area contributed by atoms with Crippen molar-refractivity contribution in [3.05, 3.63) is 60.2 Å². The van der Waals surface area contributed by atoms with E-state index in [4.69, 9.17) is 0 Å². The van der Waals surface area contributed by atoms with Crippen molar-refractivity contribution in [1.82, 2.24) is 15.3 Å². The highest BCUT2D eigenvalue weighted by atomic mass is 32.2. The van der Waals surface area contributed by atoms with E-state index < -0.39 is 0 Å². The fourth-order valence-electron chi connectivity index (χ4n) is 2.71. The minimum Gasteiger partial charge on any atom is -0.346 e. The molecule has 4 nitrogen and oxygen atoms in total. The van der Waals surface area contributed by atoms with E-state index in [1.54, 1.807) is 23.9 Å². The smallest absolute Gasteiger partial charge is 0.221 e. The molecule has 0 aliphatic rings. The Bertz CT molecular complexity index is 843. The first-order chi connectivity index (χ1) is 12.5.